The molecule has 14 heavy (non-hydrogen) atoms. The van der Waals surface area contributed by atoms with Gasteiger partial charge in [-0.2, -0.15) is 0 Å². The zero-order valence-corrected chi connectivity index (χ0v) is 9.35. The third-order valence-electron chi connectivity index (χ3n) is 4.11. The van der Waals surface area contributed by atoms with Crippen molar-refractivity contribution in [2.75, 3.05) is 26.3 Å². The lowest BCUT2D eigenvalue weighted by Gasteiger charge is -2.38. The average Bonchev–Trinajstić information content (AvgIpc) is 2.59. The maximum atomic E-state index is 5.60. The Morgan fingerprint density at radius 3 is 2.79 bits per heavy atom. The molecular formula is C12H23NO. The second-order valence-corrected chi connectivity index (χ2v) is 4.91. The number of nitrogens with one attached hydrogen (secondary N) is 1. The van der Waals surface area contributed by atoms with Crippen molar-refractivity contribution in [2.24, 2.45) is 11.3 Å². The second kappa shape index (κ2) is 4.63. The zero-order chi connectivity index (χ0) is 9.86. The molecule has 1 saturated heterocycles. The first-order chi connectivity index (χ1) is 6.87. The minimum atomic E-state index is 0.605. The predicted octanol–water partition coefficient (Wildman–Crippen LogP) is 2.19. The molecule has 2 heteroatoms. The van der Waals surface area contributed by atoms with Crippen LogP contribution in [0.2, 0.25) is 0 Å². The van der Waals surface area contributed by atoms with E-state index in [1.54, 1.807) is 0 Å². The Kier molecular flexibility index (Phi) is 3.45. The molecule has 2 nitrogen and oxygen atoms in total. The van der Waals surface area contributed by atoms with Gasteiger partial charge in [-0.1, -0.05) is 19.3 Å². The summed E-state index contributed by atoms with van der Waals surface area (Å²) in [6, 6.07) is 0. The number of hydrogen-bond acceptors (Lipinski definition) is 2. The minimum Gasteiger partial charge on any atom is -0.381 e. The molecule has 0 amide bonds. The highest BCUT2D eigenvalue weighted by molar-refractivity contribution is 4.96. The highest BCUT2D eigenvalue weighted by Gasteiger charge is 2.42. The lowest BCUT2D eigenvalue weighted by atomic mass is 9.68. The van der Waals surface area contributed by atoms with Crippen molar-refractivity contribution < 1.29 is 4.74 Å². The van der Waals surface area contributed by atoms with Crippen LogP contribution in [-0.2, 0) is 4.74 Å². The maximum Gasteiger partial charge on any atom is 0.0512 e. The second-order valence-electron chi connectivity index (χ2n) is 4.91. The van der Waals surface area contributed by atoms with Crippen molar-refractivity contribution in [3.05, 3.63) is 0 Å². The monoisotopic (exact) mass is 197 g/mol. The molecule has 1 N–H and O–H groups in total. The van der Waals surface area contributed by atoms with Gasteiger partial charge in [-0.15, -0.1) is 0 Å². The molecule has 1 saturated carbocycles. The van der Waals surface area contributed by atoms with Gasteiger partial charge in [0.1, 0.15) is 0 Å². The fourth-order valence-corrected chi connectivity index (χ4v) is 3.19. The van der Waals surface area contributed by atoms with Gasteiger partial charge in [0.15, 0.2) is 0 Å². The standard InChI is InChI=1S/C12H23NO/c1-2-14-9-11-8-13-10-12(11)6-4-3-5-7-12/h11,13H,2-10H2,1H3/t11-/m0/s1. The molecular weight excluding hydrogens is 174 g/mol. The van der Waals surface area contributed by atoms with E-state index >= 15 is 0 Å². The van der Waals surface area contributed by atoms with Gasteiger partial charge >= 0.3 is 0 Å². The van der Waals surface area contributed by atoms with Crippen LogP contribution in [0.5, 0.6) is 0 Å². The van der Waals surface area contributed by atoms with Gasteiger partial charge in [0.05, 0.1) is 6.61 Å². The van der Waals surface area contributed by atoms with Gasteiger partial charge in [-0.25, -0.2) is 0 Å². The molecule has 2 fully saturated rings. The van der Waals surface area contributed by atoms with Gasteiger partial charge < -0.3 is 10.1 Å². The van der Waals surface area contributed by atoms with E-state index in [0.29, 0.717) is 5.41 Å². The Morgan fingerprint density at radius 1 is 1.29 bits per heavy atom. The molecule has 0 aromatic rings. The summed E-state index contributed by atoms with van der Waals surface area (Å²) in [5.74, 6) is 0.780. The Morgan fingerprint density at radius 2 is 2.07 bits per heavy atom. The van der Waals surface area contributed by atoms with E-state index in [0.717, 1.165) is 19.1 Å². The van der Waals surface area contributed by atoms with E-state index < -0.39 is 0 Å². The number of rotatable bonds is 3. The van der Waals surface area contributed by atoms with Gasteiger partial charge in [0.25, 0.3) is 0 Å². The molecule has 1 aliphatic carbocycles. The van der Waals surface area contributed by atoms with Crippen LogP contribution in [0, 0.1) is 11.3 Å². The van der Waals surface area contributed by atoms with Crippen molar-refractivity contribution >= 4 is 0 Å². The smallest absolute Gasteiger partial charge is 0.0512 e. The predicted molar refractivity (Wildman–Crippen MR) is 58.4 cm³/mol. The minimum absolute atomic E-state index is 0.605. The van der Waals surface area contributed by atoms with E-state index in [1.165, 1.54) is 45.2 Å². The normalized spacial score (nSPS) is 31.1. The molecule has 2 aliphatic rings. The lowest BCUT2D eigenvalue weighted by molar-refractivity contribution is 0.0468. The first kappa shape index (κ1) is 10.4. The van der Waals surface area contributed by atoms with Crippen molar-refractivity contribution in [1.29, 1.82) is 0 Å². The molecule has 1 spiro atoms. The zero-order valence-electron chi connectivity index (χ0n) is 9.35. The average molecular weight is 197 g/mol. The fourth-order valence-electron chi connectivity index (χ4n) is 3.19. The van der Waals surface area contributed by atoms with Crippen molar-refractivity contribution in [3.8, 4) is 0 Å². The first-order valence-corrected chi connectivity index (χ1v) is 6.16. The van der Waals surface area contributed by atoms with Crippen LogP contribution in [0.15, 0.2) is 0 Å². The van der Waals surface area contributed by atoms with E-state index in [2.05, 4.69) is 12.2 Å². The van der Waals surface area contributed by atoms with E-state index in [1.807, 2.05) is 0 Å². The van der Waals surface area contributed by atoms with Crippen molar-refractivity contribution in [2.45, 2.75) is 39.0 Å². The van der Waals surface area contributed by atoms with E-state index in [4.69, 9.17) is 4.74 Å². The Hall–Kier alpha value is -0.0800. The molecule has 1 heterocycles. The SMILES string of the molecule is CCOC[C@@H]1CNCC12CCCCC2. The third kappa shape index (κ3) is 1.96. The molecule has 0 unspecified atom stereocenters. The maximum absolute atomic E-state index is 5.60. The summed E-state index contributed by atoms with van der Waals surface area (Å²) in [7, 11) is 0. The quantitative estimate of drug-likeness (QED) is 0.749. The van der Waals surface area contributed by atoms with Crippen LogP contribution in [0.25, 0.3) is 0 Å². The van der Waals surface area contributed by atoms with Gasteiger partial charge in [-0.05, 0) is 25.2 Å². The van der Waals surface area contributed by atoms with E-state index in [9.17, 15) is 0 Å². The largest absolute Gasteiger partial charge is 0.381 e. The molecule has 0 bridgehead atoms. The summed E-state index contributed by atoms with van der Waals surface area (Å²) in [5.41, 5.74) is 0.605. The Bertz CT molecular complexity index is 175. The van der Waals surface area contributed by atoms with E-state index in [-0.39, 0.29) is 0 Å². The van der Waals surface area contributed by atoms with Crippen LogP contribution in [0.4, 0.5) is 0 Å². The molecule has 1 atom stereocenters. The highest BCUT2D eigenvalue weighted by atomic mass is 16.5. The topological polar surface area (TPSA) is 21.3 Å². The van der Waals surface area contributed by atoms with Crippen LogP contribution < -0.4 is 5.32 Å². The van der Waals surface area contributed by atoms with Gasteiger partial charge in [0, 0.05) is 25.6 Å². The first-order valence-electron chi connectivity index (χ1n) is 6.16. The fraction of sp³-hybridized carbons (Fsp3) is 1.00. The molecule has 82 valence electrons. The summed E-state index contributed by atoms with van der Waals surface area (Å²) in [6.07, 6.45) is 7.17. The summed E-state index contributed by atoms with van der Waals surface area (Å²) >= 11 is 0. The molecule has 2 rings (SSSR count). The van der Waals surface area contributed by atoms with Crippen LogP contribution in [0.1, 0.15) is 39.0 Å². The molecule has 1 aliphatic heterocycles. The van der Waals surface area contributed by atoms with Gasteiger partial charge in [-0.3, -0.25) is 0 Å². The van der Waals surface area contributed by atoms with Crippen molar-refractivity contribution in [1.82, 2.24) is 5.32 Å². The summed E-state index contributed by atoms with van der Waals surface area (Å²) < 4.78 is 5.60. The summed E-state index contributed by atoms with van der Waals surface area (Å²) in [5, 5.41) is 3.56. The van der Waals surface area contributed by atoms with Crippen molar-refractivity contribution in [3.63, 3.8) is 0 Å². The molecule has 0 radical (unpaired) electrons. The lowest BCUT2D eigenvalue weighted by Crippen LogP contribution is -2.34. The Labute approximate surface area is 87.4 Å². The highest BCUT2D eigenvalue weighted by Crippen LogP contribution is 2.44. The number of ether oxygens (including phenoxy) is 1. The third-order valence-corrected chi connectivity index (χ3v) is 4.11. The summed E-state index contributed by atoms with van der Waals surface area (Å²) in [4.78, 5) is 0. The van der Waals surface area contributed by atoms with Crippen LogP contribution >= 0.6 is 0 Å². The summed E-state index contributed by atoms with van der Waals surface area (Å²) in [6.45, 7) is 6.36. The molecule has 0 aromatic carbocycles. The van der Waals surface area contributed by atoms with Crippen LogP contribution in [0.3, 0.4) is 0 Å². The number of hydrogen-bond donors (Lipinski definition) is 1. The van der Waals surface area contributed by atoms with Gasteiger partial charge in [0.2, 0.25) is 0 Å². The Balaban J connectivity index is 1.93. The van der Waals surface area contributed by atoms with Crippen LogP contribution in [-0.4, -0.2) is 26.3 Å². The molecule has 0 aromatic heterocycles.